The molecule has 1 atom stereocenters. The van der Waals surface area contributed by atoms with E-state index in [2.05, 4.69) is 0 Å². The van der Waals surface area contributed by atoms with Crippen LogP contribution in [0.3, 0.4) is 0 Å². The Kier molecular flexibility index (Phi) is 7.86. The number of ether oxygens (including phenoxy) is 1. The van der Waals surface area contributed by atoms with Gasteiger partial charge in [-0.1, -0.05) is 30.3 Å². The molecule has 0 aliphatic heterocycles. The lowest BCUT2D eigenvalue weighted by molar-refractivity contribution is -0.384. The predicted octanol–water partition coefficient (Wildman–Crippen LogP) is 3.64. The predicted molar refractivity (Wildman–Crippen MR) is 106 cm³/mol. The van der Waals surface area contributed by atoms with E-state index in [9.17, 15) is 23.3 Å². The van der Waals surface area contributed by atoms with Crippen molar-refractivity contribution in [2.45, 2.75) is 50.2 Å². The molecule has 0 spiro atoms. The fraction of sp³-hybridized carbons (Fsp3) is 0.350. The van der Waals surface area contributed by atoms with Crippen LogP contribution in [0.4, 0.5) is 5.69 Å². The van der Waals surface area contributed by atoms with Crippen molar-refractivity contribution in [3.8, 4) is 0 Å². The smallest absolute Gasteiger partial charge is 0.337 e. The number of nitrogens with zero attached hydrogens (tertiary/aromatic N) is 1. The molecule has 0 heterocycles. The van der Waals surface area contributed by atoms with Gasteiger partial charge >= 0.3 is 5.97 Å². The van der Waals surface area contributed by atoms with Gasteiger partial charge in [-0.15, -0.1) is 0 Å². The minimum Gasteiger partial charge on any atom is -0.461 e. The standard InChI is InChI=1S/C20H23NO7S/c1-15(2)27-20(22)19(10-6-9-16-7-4-3-5-8-16)28-29(25,26)18-13-11-17(12-14-18)21(23)24/h3-5,7-8,11-15,19H,6,9-10H2,1-2H3/t19-/m1/s1. The second kappa shape index (κ2) is 10.1. The van der Waals surface area contributed by atoms with Crippen molar-refractivity contribution in [2.24, 2.45) is 0 Å². The molecule has 29 heavy (non-hydrogen) atoms. The number of esters is 1. The van der Waals surface area contributed by atoms with E-state index in [0.717, 1.165) is 29.8 Å². The number of aryl methyl sites for hydroxylation is 1. The molecule has 0 aromatic heterocycles. The van der Waals surface area contributed by atoms with Crippen LogP contribution in [0, 0.1) is 10.1 Å². The number of carbonyl (C=O) groups excluding carboxylic acids is 1. The summed E-state index contributed by atoms with van der Waals surface area (Å²) in [5.74, 6) is -0.765. The number of non-ortho nitro benzene ring substituents is 1. The van der Waals surface area contributed by atoms with E-state index in [0.29, 0.717) is 12.8 Å². The van der Waals surface area contributed by atoms with E-state index >= 15 is 0 Å². The summed E-state index contributed by atoms with van der Waals surface area (Å²) < 4.78 is 35.4. The Labute approximate surface area is 169 Å². The van der Waals surface area contributed by atoms with Gasteiger partial charge in [-0.2, -0.15) is 8.42 Å². The average molecular weight is 421 g/mol. The Hall–Kier alpha value is -2.78. The molecule has 0 amide bonds. The minimum atomic E-state index is -4.30. The number of hydrogen-bond acceptors (Lipinski definition) is 7. The molecule has 2 aromatic rings. The number of nitro benzene ring substituents is 1. The van der Waals surface area contributed by atoms with Crippen LogP contribution in [0.25, 0.3) is 0 Å². The monoisotopic (exact) mass is 421 g/mol. The Morgan fingerprint density at radius 3 is 2.24 bits per heavy atom. The largest absolute Gasteiger partial charge is 0.461 e. The summed E-state index contributed by atoms with van der Waals surface area (Å²) >= 11 is 0. The van der Waals surface area contributed by atoms with Gasteiger partial charge in [0.1, 0.15) is 0 Å². The molecular formula is C20H23NO7S. The van der Waals surface area contributed by atoms with Gasteiger partial charge < -0.3 is 4.74 Å². The molecule has 8 nitrogen and oxygen atoms in total. The Morgan fingerprint density at radius 2 is 1.69 bits per heavy atom. The van der Waals surface area contributed by atoms with Crippen molar-refractivity contribution in [1.29, 1.82) is 0 Å². The van der Waals surface area contributed by atoms with Crippen molar-refractivity contribution >= 4 is 21.8 Å². The lowest BCUT2D eigenvalue weighted by Gasteiger charge is -2.18. The maximum Gasteiger partial charge on any atom is 0.337 e. The molecule has 2 aromatic carbocycles. The van der Waals surface area contributed by atoms with E-state index in [1.165, 1.54) is 0 Å². The van der Waals surface area contributed by atoms with Crippen LogP contribution >= 0.6 is 0 Å². The summed E-state index contributed by atoms with van der Waals surface area (Å²) in [7, 11) is -4.30. The number of rotatable bonds is 10. The molecular weight excluding hydrogens is 398 g/mol. The Morgan fingerprint density at radius 1 is 1.07 bits per heavy atom. The maximum atomic E-state index is 12.5. The SMILES string of the molecule is CC(C)OC(=O)[C@@H](CCCc1ccccc1)OS(=O)(=O)c1ccc([N+](=O)[O-])cc1. The second-order valence-corrected chi connectivity index (χ2v) is 8.23. The zero-order chi connectivity index (χ0) is 21.4. The first kappa shape index (κ1) is 22.5. The molecule has 0 fully saturated rings. The third kappa shape index (κ3) is 6.95. The van der Waals surface area contributed by atoms with Gasteiger partial charge in [0, 0.05) is 12.1 Å². The molecule has 0 aliphatic rings. The van der Waals surface area contributed by atoms with Crippen molar-refractivity contribution in [1.82, 2.24) is 0 Å². The molecule has 0 bridgehead atoms. The third-order valence-electron chi connectivity index (χ3n) is 3.97. The van der Waals surface area contributed by atoms with Gasteiger partial charge in [0.25, 0.3) is 15.8 Å². The van der Waals surface area contributed by atoms with Crippen molar-refractivity contribution < 1.29 is 27.1 Å². The summed E-state index contributed by atoms with van der Waals surface area (Å²) in [5, 5.41) is 10.7. The van der Waals surface area contributed by atoms with Crippen molar-refractivity contribution in [3.05, 3.63) is 70.3 Å². The van der Waals surface area contributed by atoms with E-state index in [1.54, 1.807) is 13.8 Å². The fourth-order valence-corrected chi connectivity index (χ4v) is 3.65. The molecule has 9 heteroatoms. The zero-order valence-corrected chi connectivity index (χ0v) is 17.0. The van der Waals surface area contributed by atoms with E-state index in [-0.39, 0.29) is 17.0 Å². The number of benzene rings is 2. The highest BCUT2D eigenvalue weighted by Gasteiger charge is 2.29. The first-order chi connectivity index (χ1) is 13.7. The van der Waals surface area contributed by atoms with Gasteiger partial charge in [-0.05, 0) is 50.8 Å². The van der Waals surface area contributed by atoms with Crippen molar-refractivity contribution in [3.63, 3.8) is 0 Å². The molecule has 0 N–H and O–H groups in total. The van der Waals surface area contributed by atoms with Crippen LogP contribution in [0.1, 0.15) is 32.3 Å². The average Bonchev–Trinajstić information content (AvgIpc) is 2.67. The summed E-state index contributed by atoms with van der Waals surface area (Å²) in [6.07, 6.45) is -0.427. The highest BCUT2D eigenvalue weighted by atomic mass is 32.2. The van der Waals surface area contributed by atoms with E-state index in [4.69, 9.17) is 8.92 Å². The van der Waals surface area contributed by atoms with Crippen LogP contribution in [0.2, 0.25) is 0 Å². The molecule has 0 unspecified atom stereocenters. The minimum absolute atomic E-state index is 0.145. The first-order valence-electron chi connectivity index (χ1n) is 9.11. The third-order valence-corrected chi connectivity index (χ3v) is 5.30. The Balaban J connectivity index is 2.12. The van der Waals surface area contributed by atoms with Gasteiger partial charge in [-0.25, -0.2) is 4.79 Å². The van der Waals surface area contributed by atoms with E-state index in [1.807, 2.05) is 30.3 Å². The summed E-state index contributed by atoms with van der Waals surface area (Å²) in [6.45, 7) is 3.31. The quantitative estimate of drug-likeness (QED) is 0.249. The molecule has 156 valence electrons. The first-order valence-corrected chi connectivity index (χ1v) is 10.5. The van der Waals surface area contributed by atoms with Gasteiger partial charge in [0.2, 0.25) is 0 Å². The number of carbonyl (C=O) groups is 1. The van der Waals surface area contributed by atoms with Crippen LogP contribution in [0.15, 0.2) is 59.5 Å². The summed E-state index contributed by atoms with van der Waals surface area (Å²) in [4.78, 5) is 22.2. The lowest BCUT2D eigenvalue weighted by Crippen LogP contribution is -2.31. The molecule has 2 rings (SSSR count). The highest BCUT2D eigenvalue weighted by molar-refractivity contribution is 7.86. The van der Waals surface area contributed by atoms with E-state index < -0.39 is 33.2 Å². The number of nitro groups is 1. The van der Waals surface area contributed by atoms with Crippen LogP contribution in [-0.2, 0) is 30.3 Å². The normalized spacial score (nSPS) is 12.5. The van der Waals surface area contributed by atoms with Gasteiger partial charge in [-0.3, -0.25) is 14.3 Å². The Bertz CT molecular complexity index is 925. The zero-order valence-electron chi connectivity index (χ0n) is 16.2. The van der Waals surface area contributed by atoms with Crippen molar-refractivity contribution in [2.75, 3.05) is 0 Å². The molecule has 0 saturated carbocycles. The van der Waals surface area contributed by atoms with Gasteiger partial charge in [0.05, 0.1) is 15.9 Å². The van der Waals surface area contributed by atoms with Crippen LogP contribution < -0.4 is 0 Å². The van der Waals surface area contributed by atoms with Crippen LogP contribution in [0.5, 0.6) is 0 Å². The van der Waals surface area contributed by atoms with Gasteiger partial charge in [0.15, 0.2) is 6.10 Å². The second-order valence-electron chi connectivity index (χ2n) is 6.65. The van der Waals surface area contributed by atoms with Crippen LogP contribution in [-0.4, -0.2) is 31.5 Å². The maximum absolute atomic E-state index is 12.5. The lowest BCUT2D eigenvalue weighted by atomic mass is 10.1. The fourth-order valence-electron chi connectivity index (χ4n) is 2.59. The topological polar surface area (TPSA) is 113 Å². The molecule has 0 aliphatic carbocycles. The molecule has 0 saturated heterocycles. The number of hydrogen-bond donors (Lipinski definition) is 0. The highest BCUT2D eigenvalue weighted by Crippen LogP contribution is 2.21. The summed E-state index contributed by atoms with van der Waals surface area (Å²) in [5.41, 5.74) is 0.810. The summed E-state index contributed by atoms with van der Waals surface area (Å²) in [6, 6.07) is 13.8. The molecule has 0 radical (unpaired) electrons.